The molecule has 1 aliphatic carbocycles. The van der Waals surface area contributed by atoms with E-state index in [0.29, 0.717) is 5.66 Å². The van der Waals surface area contributed by atoms with Crippen molar-refractivity contribution in [1.29, 1.82) is 0 Å². The second-order valence-corrected chi connectivity index (χ2v) is 8.88. The van der Waals surface area contributed by atoms with Crippen molar-refractivity contribution in [2.45, 2.75) is 33.4 Å². The summed E-state index contributed by atoms with van der Waals surface area (Å²) in [6.45, 7) is 13.6. The lowest BCUT2D eigenvalue weighted by Gasteiger charge is -2.43. The largest absolute Gasteiger partial charge is 0.270 e. The summed E-state index contributed by atoms with van der Waals surface area (Å²) in [5, 5.41) is 0. The predicted molar refractivity (Wildman–Crippen MR) is 116 cm³/mol. The lowest BCUT2D eigenvalue weighted by Crippen LogP contribution is -2.32. The van der Waals surface area contributed by atoms with Gasteiger partial charge in [0, 0.05) is 26.2 Å². The van der Waals surface area contributed by atoms with Crippen LogP contribution in [0.2, 0.25) is 0 Å². The van der Waals surface area contributed by atoms with Crippen molar-refractivity contribution in [2.75, 3.05) is 26.2 Å². The number of hydrogen-bond donors (Lipinski definition) is 0. The maximum atomic E-state index is 2.69. The predicted octanol–water partition coefficient (Wildman–Crippen LogP) is 6.26. The van der Waals surface area contributed by atoms with Crippen molar-refractivity contribution < 1.29 is 0 Å². The number of nitrogens with zero attached hydrogens (tertiary/aromatic N) is 2. The summed E-state index contributed by atoms with van der Waals surface area (Å²) < 4.78 is 5.37. The molecule has 0 spiro atoms. The number of rotatable bonds is 7. The molecule has 0 fully saturated rings. The van der Waals surface area contributed by atoms with Crippen LogP contribution in [-0.2, 0) is 0 Å². The highest BCUT2D eigenvalue weighted by Crippen LogP contribution is 2.61. The van der Waals surface area contributed by atoms with Crippen molar-refractivity contribution in [3.8, 4) is 0 Å². The van der Waals surface area contributed by atoms with Crippen LogP contribution in [0.15, 0.2) is 48.5 Å². The molecule has 0 heterocycles. The van der Waals surface area contributed by atoms with Crippen LogP contribution >= 0.6 is 8.22 Å². The molecule has 2 nitrogen and oxygen atoms in total. The molecule has 0 atom stereocenters. The van der Waals surface area contributed by atoms with Crippen LogP contribution in [-0.4, -0.2) is 35.5 Å². The second-order valence-electron chi connectivity index (χ2n) is 6.59. The quantitative estimate of drug-likeness (QED) is 0.534. The lowest BCUT2D eigenvalue weighted by molar-refractivity contribution is 0.418. The Morgan fingerprint density at radius 1 is 0.654 bits per heavy atom. The first-order chi connectivity index (χ1) is 12.7. The van der Waals surface area contributed by atoms with Crippen LogP contribution < -0.4 is 0 Å². The van der Waals surface area contributed by atoms with E-state index in [1.807, 2.05) is 0 Å². The summed E-state index contributed by atoms with van der Waals surface area (Å²) in [7, 11) is -0.470. The van der Waals surface area contributed by atoms with E-state index in [0.717, 1.165) is 26.2 Å². The molecule has 138 valence electrons. The van der Waals surface area contributed by atoms with E-state index in [9.17, 15) is 0 Å². The van der Waals surface area contributed by atoms with Crippen LogP contribution in [0.5, 0.6) is 0 Å². The maximum Gasteiger partial charge on any atom is 0.0574 e. The molecule has 0 radical (unpaired) electrons. The van der Waals surface area contributed by atoms with E-state index in [4.69, 9.17) is 0 Å². The van der Waals surface area contributed by atoms with Gasteiger partial charge in [0.25, 0.3) is 0 Å². The number of fused-ring (bicyclic) bond motifs is 2. The lowest BCUT2D eigenvalue weighted by atomic mass is 9.99. The SMILES string of the molecule is CCN(CC)P(C1c2ccccc2C=Cc2ccccc21)N(CC)CC. The molecular formula is C23H31N2P. The summed E-state index contributed by atoms with van der Waals surface area (Å²) in [5.41, 5.74) is 6.07. The summed E-state index contributed by atoms with van der Waals surface area (Å²) in [6.07, 6.45) is 4.60. The van der Waals surface area contributed by atoms with Gasteiger partial charge in [-0.05, 0) is 22.3 Å². The minimum Gasteiger partial charge on any atom is -0.270 e. The van der Waals surface area contributed by atoms with Crippen molar-refractivity contribution in [3.63, 3.8) is 0 Å². The highest BCUT2D eigenvalue weighted by molar-refractivity contribution is 7.53. The average molecular weight is 366 g/mol. The second kappa shape index (κ2) is 8.95. The topological polar surface area (TPSA) is 6.48 Å². The molecule has 0 N–H and O–H groups in total. The van der Waals surface area contributed by atoms with Gasteiger partial charge in [0.05, 0.1) is 13.9 Å². The molecule has 0 saturated carbocycles. The Bertz CT molecular complexity index is 686. The molecule has 2 aromatic carbocycles. The van der Waals surface area contributed by atoms with Gasteiger partial charge >= 0.3 is 0 Å². The fourth-order valence-electron chi connectivity index (χ4n) is 3.95. The molecule has 26 heavy (non-hydrogen) atoms. The summed E-state index contributed by atoms with van der Waals surface area (Å²) in [4.78, 5) is 0. The molecule has 1 aliphatic rings. The minimum atomic E-state index is -0.470. The molecule has 0 unspecified atom stereocenters. The fourth-order valence-corrected chi connectivity index (χ4v) is 7.09. The number of hydrogen-bond acceptors (Lipinski definition) is 2. The van der Waals surface area contributed by atoms with Gasteiger partial charge in [0.1, 0.15) is 0 Å². The zero-order chi connectivity index (χ0) is 18.5. The smallest absolute Gasteiger partial charge is 0.0574 e. The van der Waals surface area contributed by atoms with Gasteiger partial charge in [0.2, 0.25) is 0 Å². The van der Waals surface area contributed by atoms with Gasteiger partial charge in [-0.2, -0.15) is 0 Å². The van der Waals surface area contributed by atoms with Crippen molar-refractivity contribution in [1.82, 2.24) is 9.34 Å². The van der Waals surface area contributed by atoms with E-state index >= 15 is 0 Å². The van der Waals surface area contributed by atoms with E-state index < -0.39 is 8.22 Å². The first-order valence-corrected chi connectivity index (χ1v) is 11.2. The van der Waals surface area contributed by atoms with Crippen molar-refractivity contribution >= 4 is 20.4 Å². The molecule has 0 bridgehead atoms. The third kappa shape index (κ3) is 3.64. The van der Waals surface area contributed by atoms with E-state index in [1.54, 1.807) is 0 Å². The Kier molecular flexibility index (Phi) is 6.64. The van der Waals surface area contributed by atoms with Gasteiger partial charge in [-0.1, -0.05) is 88.4 Å². The Labute approximate surface area is 160 Å². The highest BCUT2D eigenvalue weighted by Gasteiger charge is 2.35. The third-order valence-corrected chi connectivity index (χ3v) is 8.60. The number of benzene rings is 2. The Morgan fingerprint density at radius 2 is 1.04 bits per heavy atom. The van der Waals surface area contributed by atoms with E-state index in [1.165, 1.54) is 22.3 Å². The normalized spacial score (nSPS) is 14.0. The van der Waals surface area contributed by atoms with Crippen molar-refractivity contribution in [2.24, 2.45) is 0 Å². The van der Waals surface area contributed by atoms with Crippen LogP contribution in [0, 0.1) is 0 Å². The summed E-state index contributed by atoms with van der Waals surface area (Å²) in [6, 6.07) is 17.9. The van der Waals surface area contributed by atoms with Crippen LogP contribution in [0.3, 0.4) is 0 Å². The molecule has 2 aromatic rings. The molecule has 0 saturated heterocycles. The Hall–Kier alpha value is -1.47. The zero-order valence-electron chi connectivity index (χ0n) is 16.5. The van der Waals surface area contributed by atoms with Gasteiger partial charge in [-0.3, -0.25) is 9.34 Å². The fraction of sp³-hybridized carbons (Fsp3) is 0.391. The molecule has 3 rings (SSSR count). The molecule has 3 heteroatoms. The molecule has 0 amide bonds. The molecular weight excluding hydrogens is 335 g/mol. The first kappa shape index (κ1) is 19.3. The van der Waals surface area contributed by atoms with E-state index in [-0.39, 0.29) is 0 Å². The van der Waals surface area contributed by atoms with Crippen LogP contribution in [0.1, 0.15) is 55.6 Å². The zero-order valence-corrected chi connectivity index (χ0v) is 17.4. The summed E-state index contributed by atoms with van der Waals surface area (Å²) in [5.74, 6) is 0. The molecule has 0 aromatic heterocycles. The Balaban J connectivity index is 2.23. The Morgan fingerprint density at radius 3 is 1.42 bits per heavy atom. The van der Waals surface area contributed by atoms with Crippen LogP contribution in [0.4, 0.5) is 0 Å². The van der Waals surface area contributed by atoms with Gasteiger partial charge in [-0.15, -0.1) is 0 Å². The standard InChI is InChI=1S/C23H31N2P/c1-5-24(6-2)26(25(7-3)8-4)23-21-15-11-9-13-19(21)17-18-20-14-10-12-16-22(20)23/h9-18,23H,5-8H2,1-4H3. The third-order valence-electron chi connectivity index (χ3n) is 5.29. The average Bonchev–Trinajstić information content (AvgIpc) is 2.85. The van der Waals surface area contributed by atoms with Gasteiger partial charge in [0.15, 0.2) is 0 Å². The van der Waals surface area contributed by atoms with Gasteiger partial charge < -0.3 is 0 Å². The van der Waals surface area contributed by atoms with E-state index in [2.05, 4.69) is 97.7 Å². The molecule has 0 aliphatic heterocycles. The van der Waals surface area contributed by atoms with Crippen molar-refractivity contribution in [3.05, 3.63) is 70.8 Å². The summed E-state index contributed by atoms with van der Waals surface area (Å²) >= 11 is 0. The first-order valence-electron chi connectivity index (χ1n) is 9.89. The maximum absolute atomic E-state index is 2.69. The minimum absolute atomic E-state index is 0.409. The monoisotopic (exact) mass is 366 g/mol. The van der Waals surface area contributed by atoms with Crippen LogP contribution in [0.25, 0.3) is 12.2 Å². The highest BCUT2D eigenvalue weighted by atomic mass is 31.1. The van der Waals surface area contributed by atoms with Gasteiger partial charge in [-0.25, -0.2) is 0 Å².